The van der Waals surface area contributed by atoms with E-state index in [-0.39, 0.29) is 4.90 Å². The molecule has 1 aromatic rings. The van der Waals surface area contributed by atoms with Crippen LogP contribution in [-0.2, 0) is 4.79 Å². The molecule has 1 atom stereocenters. The van der Waals surface area contributed by atoms with E-state index < -0.39 is 11.7 Å². The molecule has 64 valence electrons. The number of benzene rings is 1. The molecule has 0 N–H and O–H groups in total. The standard InChI is InChI=1S/C9H9FOS/c1-6(5-11)7-3-2-4-8(12)9(7)10/h2-6,12H,1H3. The first kappa shape index (κ1) is 9.26. The zero-order valence-corrected chi connectivity index (χ0v) is 7.51. The molecule has 0 bridgehead atoms. The van der Waals surface area contributed by atoms with Gasteiger partial charge in [-0.2, -0.15) is 0 Å². The van der Waals surface area contributed by atoms with Gasteiger partial charge in [0.05, 0.1) is 0 Å². The molecule has 0 radical (unpaired) electrons. The summed E-state index contributed by atoms with van der Waals surface area (Å²) >= 11 is 3.91. The molecular formula is C9H9FOS. The van der Waals surface area contributed by atoms with Crippen molar-refractivity contribution in [3.8, 4) is 0 Å². The summed E-state index contributed by atoms with van der Waals surface area (Å²) in [6, 6.07) is 4.83. The van der Waals surface area contributed by atoms with Crippen LogP contribution in [0.3, 0.4) is 0 Å². The maximum absolute atomic E-state index is 13.2. The molecule has 0 fully saturated rings. The molecular weight excluding hydrogens is 175 g/mol. The zero-order chi connectivity index (χ0) is 9.14. The Morgan fingerprint density at radius 3 is 2.83 bits per heavy atom. The smallest absolute Gasteiger partial charge is 0.140 e. The van der Waals surface area contributed by atoms with Gasteiger partial charge in [0.1, 0.15) is 12.1 Å². The van der Waals surface area contributed by atoms with Crippen molar-refractivity contribution in [2.45, 2.75) is 17.7 Å². The van der Waals surface area contributed by atoms with Crippen LogP contribution in [-0.4, -0.2) is 6.29 Å². The first-order valence-electron chi connectivity index (χ1n) is 3.59. The number of halogens is 1. The molecule has 1 rings (SSSR count). The molecule has 0 aliphatic carbocycles. The Morgan fingerprint density at radius 1 is 1.58 bits per heavy atom. The minimum atomic E-state index is -0.405. The molecule has 0 aromatic heterocycles. The Labute approximate surface area is 76.0 Å². The Morgan fingerprint density at radius 2 is 2.25 bits per heavy atom. The maximum Gasteiger partial charge on any atom is 0.140 e. The van der Waals surface area contributed by atoms with Crippen LogP contribution in [0.25, 0.3) is 0 Å². The highest BCUT2D eigenvalue weighted by atomic mass is 32.1. The van der Waals surface area contributed by atoms with Crippen LogP contribution in [0.2, 0.25) is 0 Å². The average Bonchev–Trinajstić information content (AvgIpc) is 2.08. The molecule has 3 heteroatoms. The summed E-state index contributed by atoms with van der Waals surface area (Å²) in [5.41, 5.74) is 0.400. The van der Waals surface area contributed by atoms with E-state index in [1.165, 1.54) is 0 Å². The van der Waals surface area contributed by atoms with Gasteiger partial charge in [0.2, 0.25) is 0 Å². The van der Waals surface area contributed by atoms with Gasteiger partial charge < -0.3 is 4.79 Å². The van der Waals surface area contributed by atoms with Crippen molar-refractivity contribution in [1.29, 1.82) is 0 Å². The van der Waals surface area contributed by atoms with Crippen molar-refractivity contribution in [3.63, 3.8) is 0 Å². The van der Waals surface area contributed by atoms with Gasteiger partial charge in [-0.1, -0.05) is 19.1 Å². The molecule has 0 aliphatic rings. The Hall–Kier alpha value is -0.830. The van der Waals surface area contributed by atoms with Gasteiger partial charge >= 0.3 is 0 Å². The molecule has 0 spiro atoms. The fourth-order valence-corrected chi connectivity index (χ4v) is 1.18. The third kappa shape index (κ3) is 1.67. The van der Waals surface area contributed by atoms with Gasteiger partial charge in [0.25, 0.3) is 0 Å². The van der Waals surface area contributed by atoms with Crippen LogP contribution in [0, 0.1) is 5.82 Å². The van der Waals surface area contributed by atoms with Crippen molar-refractivity contribution in [1.82, 2.24) is 0 Å². The molecule has 1 unspecified atom stereocenters. The van der Waals surface area contributed by atoms with Crippen LogP contribution in [0.5, 0.6) is 0 Å². The van der Waals surface area contributed by atoms with Crippen LogP contribution >= 0.6 is 12.6 Å². The zero-order valence-electron chi connectivity index (χ0n) is 6.62. The summed E-state index contributed by atoms with van der Waals surface area (Å²) in [4.78, 5) is 10.7. The van der Waals surface area contributed by atoms with Crippen molar-refractivity contribution < 1.29 is 9.18 Å². The van der Waals surface area contributed by atoms with Crippen molar-refractivity contribution in [3.05, 3.63) is 29.6 Å². The van der Waals surface area contributed by atoms with E-state index >= 15 is 0 Å². The van der Waals surface area contributed by atoms with E-state index in [1.807, 2.05) is 0 Å². The van der Waals surface area contributed by atoms with E-state index in [1.54, 1.807) is 25.1 Å². The minimum absolute atomic E-state index is 0.279. The Kier molecular flexibility index (Phi) is 2.87. The number of carbonyl (C=O) groups excluding carboxylic acids is 1. The number of thiol groups is 1. The lowest BCUT2D eigenvalue weighted by Gasteiger charge is -2.06. The molecule has 0 saturated carbocycles. The molecule has 1 aromatic carbocycles. The largest absolute Gasteiger partial charge is 0.303 e. The lowest BCUT2D eigenvalue weighted by atomic mass is 10.0. The van der Waals surface area contributed by atoms with Crippen LogP contribution in [0.4, 0.5) is 4.39 Å². The molecule has 0 heterocycles. The second-order valence-corrected chi connectivity index (χ2v) is 3.09. The molecule has 0 aliphatic heterocycles. The second kappa shape index (κ2) is 3.72. The van der Waals surface area contributed by atoms with Gasteiger partial charge in [-0.15, -0.1) is 12.6 Å². The number of aldehydes is 1. The highest BCUT2D eigenvalue weighted by Gasteiger charge is 2.10. The summed E-state index contributed by atoms with van der Waals surface area (Å²) in [5.74, 6) is -0.808. The maximum atomic E-state index is 13.2. The normalized spacial score (nSPS) is 12.6. The topological polar surface area (TPSA) is 17.1 Å². The highest BCUT2D eigenvalue weighted by molar-refractivity contribution is 7.80. The monoisotopic (exact) mass is 184 g/mol. The highest BCUT2D eigenvalue weighted by Crippen LogP contribution is 2.21. The number of hydrogen-bond donors (Lipinski definition) is 1. The van der Waals surface area contributed by atoms with Gasteiger partial charge in [-0.3, -0.25) is 0 Å². The van der Waals surface area contributed by atoms with E-state index in [0.29, 0.717) is 11.8 Å². The number of rotatable bonds is 2. The van der Waals surface area contributed by atoms with Gasteiger partial charge in [0, 0.05) is 10.8 Å². The second-order valence-electron chi connectivity index (χ2n) is 2.61. The third-order valence-electron chi connectivity index (χ3n) is 1.70. The fourth-order valence-electron chi connectivity index (χ4n) is 0.962. The van der Waals surface area contributed by atoms with Gasteiger partial charge in [-0.05, 0) is 11.6 Å². The van der Waals surface area contributed by atoms with Gasteiger partial charge in [-0.25, -0.2) is 4.39 Å². The summed E-state index contributed by atoms with van der Waals surface area (Å²) in [6.45, 7) is 1.65. The lowest BCUT2D eigenvalue weighted by molar-refractivity contribution is -0.108. The Balaban J connectivity index is 3.15. The number of hydrogen-bond acceptors (Lipinski definition) is 2. The minimum Gasteiger partial charge on any atom is -0.303 e. The van der Waals surface area contributed by atoms with Crippen molar-refractivity contribution >= 4 is 18.9 Å². The summed E-state index contributed by atoms with van der Waals surface area (Å²) < 4.78 is 13.2. The van der Waals surface area contributed by atoms with Crippen LogP contribution in [0.1, 0.15) is 18.4 Å². The molecule has 0 saturated heterocycles. The summed E-state index contributed by atoms with van der Waals surface area (Å²) in [7, 11) is 0. The SMILES string of the molecule is CC(C=O)c1cccc(S)c1F. The quantitative estimate of drug-likeness (QED) is 0.551. The number of carbonyl (C=O) groups is 1. The fraction of sp³-hybridized carbons (Fsp3) is 0.222. The average molecular weight is 184 g/mol. The van der Waals surface area contributed by atoms with E-state index in [4.69, 9.17) is 0 Å². The molecule has 0 amide bonds. The first-order valence-corrected chi connectivity index (χ1v) is 4.04. The summed E-state index contributed by atoms with van der Waals surface area (Å²) in [6.07, 6.45) is 0.714. The predicted octanol–water partition coefficient (Wildman–Crippen LogP) is 2.42. The van der Waals surface area contributed by atoms with E-state index in [0.717, 1.165) is 0 Å². The van der Waals surface area contributed by atoms with E-state index in [9.17, 15) is 9.18 Å². The molecule has 12 heavy (non-hydrogen) atoms. The van der Waals surface area contributed by atoms with Gasteiger partial charge in [0.15, 0.2) is 0 Å². The first-order chi connectivity index (χ1) is 5.66. The Bertz CT molecular complexity index is 299. The van der Waals surface area contributed by atoms with E-state index in [2.05, 4.69) is 12.6 Å². The van der Waals surface area contributed by atoms with Crippen molar-refractivity contribution in [2.24, 2.45) is 0 Å². The summed E-state index contributed by atoms with van der Waals surface area (Å²) in [5, 5.41) is 0. The van der Waals surface area contributed by atoms with Crippen LogP contribution < -0.4 is 0 Å². The third-order valence-corrected chi connectivity index (χ3v) is 2.05. The van der Waals surface area contributed by atoms with Crippen molar-refractivity contribution in [2.75, 3.05) is 0 Å². The van der Waals surface area contributed by atoms with Crippen LogP contribution in [0.15, 0.2) is 23.1 Å². The lowest BCUT2D eigenvalue weighted by Crippen LogP contribution is -1.98. The molecule has 1 nitrogen and oxygen atoms in total. The predicted molar refractivity (Wildman–Crippen MR) is 48.1 cm³/mol.